The van der Waals surface area contributed by atoms with Gasteiger partial charge >= 0.3 is 0 Å². The third-order valence-electron chi connectivity index (χ3n) is 4.98. The van der Waals surface area contributed by atoms with E-state index in [4.69, 9.17) is 0 Å². The van der Waals surface area contributed by atoms with E-state index in [9.17, 15) is 19.7 Å². The molecule has 0 aliphatic heterocycles. The molecule has 2 aromatic rings. The van der Waals surface area contributed by atoms with Gasteiger partial charge in [-0.2, -0.15) is 0 Å². The molecular formula is C21H24N4O4. The van der Waals surface area contributed by atoms with Crippen molar-refractivity contribution in [1.82, 2.24) is 4.90 Å². The van der Waals surface area contributed by atoms with Crippen LogP contribution in [0.25, 0.3) is 0 Å². The molecule has 1 saturated carbocycles. The number of amides is 2. The SMILES string of the molecule is Cc1cccc(NC(=O)CN(C)C(=O)c2ccc(NC3CC3)c([N+](=O)[O-])c2)c1C. The molecule has 0 radical (unpaired) electrons. The Bertz CT molecular complexity index is 969. The van der Waals surface area contributed by atoms with Gasteiger partial charge < -0.3 is 15.5 Å². The molecule has 1 aliphatic carbocycles. The predicted molar refractivity (Wildman–Crippen MR) is 111 cm³/mol. The van der Waals surface area contributed by atoms with Gasteiger partial charge in [0.15, 0.2) is 0 Å². The normalized spacial score (nSPS) is 12.9. The van der Waals surface area contributed by atoms with Gasteiger partial charge in [-0.3, -0.25) is 19.7 Å². The maximum absolute atomic E-state index is 12.7. The molecule has 3 rings (SSSR count). The lowest BCUT2D eigenvalue weighted by Gasteiger charge is -2.18. The maximum atomic E-state index is 12.7. The molecule has 0 aromatic heterocycles. The number of hydrogen-bond donors (Lipinski definition) is 2. The van der Waals surface area contributed by atoms with Crippen molar-refractivity contribution in [3.8, 4) is 0 Å². The second kappa shape index (κ2) is 8.30. The zero-order valence-electron chi connectivity index (χ0n) is 16.7. The van der Waals surface area contributed by atoms with Crippen molar-refractivity contribution < 1.29 is 14.5 Å². The Morgan fingerprint density at radius 3 is 2.55 bits per heavy atom. The molecule has 0 unspecified atom stereocenters. The van der Waals surface area contributed by atoms with Gasteiger partial charge in [0.25, 0.3) is 11.6 Å². The van der Waals surface area contributed by atoms with Gasteiger partial charge in [0.1, 0.15) is 5.69 Å². The number of nitrogens with zero attached hydrogens (tertiary/aromatic N) is 2. The van der Waals surface area contributed by atoms with E-state index in [2.05, 4.69) is 10.6 Å². The summed E-state index contributed by atoms with van der Waals surface area (Å²) < 4.78 is 0. The fraction of sp³-hybridized carbons (Fsp3) is 0.333. The summed E-state index contributed by atoms with van der Waals surface area (Å²) >= 11 is 0. The lowest BCUT2D eigenvalue weighted by Crippen LogP contribution is -2.35. The maximum Gasteiger partial charge on any atom is 0.293 e. The number of nitro benzene ring substituents is 1. The van der Waals surface area contributed by atoms with Crippen molar-refractivity contribution in [2.45, 2.75) is 32.7 Å². The standard InChI is InChI=1S/C21H24N4O4/c1-13-5-4-6-17(14(13)2)23-20(26)12-24(3)21(27)15-7-10-18(22-16-8-9-16)19(11-15)25(28)29/h4-7,10-11,16,22H,8-9,12H2,1-3H3,(H,23,26). The average molecular weight is 396 g/mol. The summed E-state index contributed by atoms with van der Waals surface area (Å²) in [5, 5.41) is 17.3. The Kier molecular flexibility index (Phi) is 5.81. The number of benzene rings is 2. The van der Waals surface area contributed by atoms with Crippen LogP contribution in [0.3, 0.4) is 0 Å². The molecule has 1 fully saturated rings. The Balaban J connectivity index is 1.69. The summed E-state index contributed by atoms with van der Waals surface area (Å²) in [6, 6.07) is 10.2. The molecule has 2 aromatic carbocycles. The molecule has 8 nitrogen and oxygen atoms in total. The minimum Gasteiger partial charge on any atom is -0.377 e. The van der Waals surface area contributed by atoms with E-state index in [-0.39, 0.29) is 29.7 Å². The highest BCUT2D eigenvalue weighted by Gasteiger charge is 2.26. The van der Waals surface area contributed by atoms with Crippen LogP contribution >= 0.6 is 0 Å². The number of hydrogen-bond acceptors (Lipinski definition) is 5. The first-order valence-electron chi connectivity index (χ1n) is 9.42. The Hall–Kier alpha value is -3.42. The molecule has 0 bridgehead atoms. The van der Waals surface area contributed by atoms with Crippen LogP contribution in [0.2, 0.25) is 0 Å². The topological polar surface area (TPSA) is 105 Å². The molecule has 0 heterocycles. The molecule has 2 N–H and O–H groups in total. The first kappa shape index (κ1) is 20.3. The van der Waals surface area contributed by atoms with E-state index in [1.54, 1.807) is 18.2 Å². The number of anilines is 2. The van der Waals surface area contributed by atoms with Crippen LogP contribution in [0.15, 0.2) is 36.4 Å². The zero-order valence-corrected chi connectivity index (χ0v) is 16.7. The van der Waals surface area contributed by atoms with E-state index < -0.39 is 10.8 Å². The zero-order chi connectivity index (χ0) is 21.1. The summed E-state index contributed by atoms with van der Waals surface area (Å²) in [5.41, 5.74) is 3.14. The van der Waals surface area contributed by atoms with Gasteiger partial charge in [-0.05, 0) is 56.0 Å². The second-order valence-corrected chi connectivity index (χ2v) is 7.36. The minimum atomic E-state index is -0.505. The summed E-state index contributed by atoms with van der Waals surface area (Å²) in [7, 11) is 1.49. The molecule has 0 spiro atoms. The summed E-state index contributed by atoms with van der Waals surface area (Å²) in [6.07, 6.45) is 1.96. The Morgan fingerprint density at radius 1 is 1.17 bits per heavy atom. The molecule has 29 heavy (non-hydrogen) atoms. The van der Waals surface area contributed by atoms with E-state index >= 15 is 0 Å². The van der Waals surface area contributed by atoms with Crippen LogP contribution in [0.4, 0.5) is 17.1 Å². The molecule has 2 amide bonds. The van der Waals surface area contributed by atoms with Crippen molar-refractivity contribution >= 4 is 28.9 Å². The number of nitrogens with one attached hydrogen (secondary N) is 2. The minimum absolute atomic E-state index is 0.143. The van der Waals surface area contributed by atoms with Crippen molar-refractivity contribution in [1.29, 1.82) is 0 Å². The number of aryl methyl sites for hydroxylation is 1. The number of carbonyl (C=O) groups is 2. The summed E-state index contributed by atoms with van der Waals surface area (Å²) in [5.74, 6) is -0.793. The van der Waals surface area contributed by atoms with Gasteiger partial charge in [0.05, 0.1) is 11.5 Å². The highest BCUT2D eigenvalue weighted by molar-refractivity contribution is 6.00. The van der Waals surface area contributed by atoms with Crippen LogP contribution in [0.5, 0.6) is 0 Å². The fourth-order valence-electron chi connectivity index (χ4n) is 2.97. The molecule has 152 valence electrons. The van der Waals surface area contributed by atoms with E-state index in [0.717, 1.165) is 24.0 Å². The first-order chi connectivity index (χ1) is 13.8. The third kappa shape index (κ3) is 4.90. The van der Waals surface area contributed by atoms with Crippen molar-refractivity contribution in [3.63, 3.8) is 0 Å². The number of nitro groups is 1. The first-order valence-corrected chi connectivity index (χ1v) is 9.42. The second-order valence-electron chi connectivity index (χ2n) is 7.36. The van der Waals surface area contributed by atoms with Crippen LogP contribution in [0.1, 0.15) is 34.3 Å². The lowest BCUT2D eigenvalue weighted by atomic mass is 10.1. The van der Waals surface area contributed by atoms with Gasteiger partial charge in [-0.25, -0.2) is 0 Å². The van der Waals surface area contributed by atoms with Gasteiger partial charge in [-0.1, -0.05) is 12.1 Å². The number of rotatable bonds is 7. The quantitative estimate of drug-likeness (QED) is 0.551. The highest BCUT2D eigenvalue weighted by atomic mass is 16.6. The number of likely N-dealkylation sites (N-methyl/N-ethyl adjacent to an activating group) is 1. The number of carbonyl (C=O) groups excluding carboxylic acids is 2. The van der Waals surface area contributed by atoms with Crippen molar-refractivity contribution in [3.05, 3.63) is 63.2 Å². The fourth-order valence-corrected chi connectivity index (χ4v) is 2.97. The third-order valence-corrected chi connectivity index (χ3v) is 4.98. The van der Waals surface area contributed by atoms with Gasteiger partial charge in [0.2, 0.25) is 5.91 Å². The lowest BCUT2D eigenvalue weighted by molar-refractivity contribution is -0.384. The van der Waals surface area contributed by atoms with Crippen LogP contribution in [0, 0.1) is 24.0 Å². The van der Waals surface area contributed by atoms with Crippen LogP contribution in [-0.2, 0) is 4.79 Å². The highest BCUT2D eigenvalue weighted by Crippen LogP contribution is 2.31. The smallest absolute Gasteiger partial charge is 0.293 e. The molecule has 8 heteroatoms. The van der Waals surface area contributed by atoms with Gasteiger partial charge in [-0.15, -0.1) is 0 Å². The van der Waals surface area contributed by atoms with E-state index in [0.29, 0.717) is 11.4 Å². The Morgan fingerprint density at radius 2 is 1.90 bits per heavy atom. The Labute approximate surface area is 169 Å². The molecule has 0 saturated heterocycles. The summed E-state index contributed by atoms with van der Waals surface area (Å²) in [6.45, 7) is 3.70. The van der Waals surface area contributed by atoms with Crippen LogP contribution in [-0.4, -0.2) is 41.3 Å². The predicted octanol–water partition coefficient (Wildman–Crippen LogP) is 3.50. The monoisotopic (exact) mass is 396 g/mol. The van der Waals surface area contributed by atoms with Crippen LogP contribution < -0.4 is 10.6 Å². The van der Waals surface area contributed by atoms with E-state index in [1.807, 2.05) is 26.0 Å². The van der Waals surface area contributed by atoms with Gasteiger partial charge in [0, 0.05) is 30.4 Å². The molecule has 0 atom stereocenters. The van der Waals surface area contributed by atoms with Crippen molar-refractivity contribution in [2.75, 3.05) is 24.2 Å². The largest absolute Gasteiger partial charge is 0.377 e. The average Bonchev–Trinajstić information content (AvgIpc) is 3.49. The molecule has 1 aliphatic rings. The van der Waals surface area contributed by atoms with E-state index in [1.165, 1.54) is 18.0 Å². The summed E-state index contributed by atoms with van der Waals surface area (Å²) in [4.78, 5) is 37.2. The van der Waals surface area contributed by atoms with Crippen molar-refractivity contribution in [2.24, 2.45) is 0 Å². The molecular weight excluding hydrogens is 372 g/mol.